The van der Waals surface area contributed by atoms with Gasteiger partial charge in [-0.15, -0.1) is 0 Å². The molecule has 0 aliphatic carbocycles. The normalized spacial score (nSPS) is 11.6. The Balaban J connectivity index is 1.39. The lowest BCUT2D eigenvalue weighted by molar-refractivity contribution is -0.118. The molecule has 12 heteroatoms. The fourth-order valence-electron chi connectivity index (χ4n) is 4.92. The molecule has 0 aliphatic heterocycles. The Morgan fingerprint density at radius 1 is 0.977 bits per heavy atom. The lowest BCUT2D eigenvalue weighted by atomic mass is 10.0. The van der Waals surface area contributed by atoms with E-state index in [-0.39, 0.29) is 22.9 Å². The Morgan fingerprint density at radius 3 is 2.59 bits per heavy atom. The second kappa shape index (κ2) is 11.8. The number of benzene rings is 2. The Labute approximate surface area is 252 Å². The van der Waals surface area contributed by atoms with Gasteiger partial charge in [0.15, 0.2) is 5.82 Å². The zero-order valence-corrected chi connectivity index (χ0v) is 24.7. The predicted molar refractivity (Wildman–Crippen MR) is 168 cm³/mol. The van der Waals surface area contributed by atoms with Crippen LogP contribution in [0.4, 0.5) is 20.2 Å². The van der Waals surface area contributed by atoms with Gasteiger partial charge in [0.25, 0.3) is 0 Å². The van der Waals surface area contributed by atoms with E-state index < -0.39 is 11.6 Å². The zero-order chi connectivity index (χ0) is 31.0. The maximum Gasteiger partial charge on any atom is 0.226 e. The van der Waals surface area contributed by atoms with Gasteiger partial charge in [0.05, 0.1) is 34.0 Å². The number of nitrogens with zero attached hydrogens (tertiary/aromatic N) is 5. The van der Waals surface area contributed by atoms with Crippen LogP contribution in [0.25, 0.3) is 55.8 Å². The molecule has 10 nitrogen and oxygen atoms in total. The number of halogens is 2. The molecule has 0 unspecified atom stereocenters. The first-order valence-corrected chi connectivity index (χ1v) is 14.2. The first-order chi connectivity index (χ1) is 21.2. The number of rotatable bonds is 9. The lowest BCUT2D eigenvalue weighted by Gasteiger charge is -2.12. The van der Waals surface area contributed by atoms with E-state index in [9.17, 15) is 9.18 Å². The molecule has 4 aromatic heterocycles. The molecule has 0 spiro atoms. The first-order valence-electron chi connectivity index (χ1n) is 14.2. The summed E-state index contributed by atoms with van der Waals surface area (Å²) in [7, 11) is 3.94. The number of likely N-dealkylation sites (N-methyl/N-ethyl adjacent to an activating group) is 1. The number of aromatic amines is 2. The van der Waals surface area contributed by atoms with Crippen LogP contribution in [-0.4, -0.2) is 68.1 Å². The standard InChI is InChI=1S/C32H31F2N9O/c1-17(2)32(44)38-22-13-19(15-35-16-22)23-5-6-24-26(27(23)34)30(42-41-24)31-39-25-7-8-37-28(29(25)40-31)18-11-20(33)14-21(12-18)36-9-10-43(3)4/h5-8,11-17,36H,9-10H2,1-4H3,(H,38,44)(H,39,40)(H,41,42). The van der Waals surface area contributed by atoms with E-state index in [1.54, 1.807) is 44.3 Å². The van der Waals surface area contributed by atoms with E-state index in [0.717, 1.165) is 6.54 Å². The number of amides is 1. The van der Waals surface area contributed by atoms with Crippen molar-refractivity contribution in [3.8, 4) is 33.9 Å². The molecule has 6 aromatic rings. The number of carbonyl (C=O) groups is 1. The molecule has 0 saturated carbocycles. The van der Waals surface area contributed by atoms with Gasteiger partial charge in [-0.05, 0) is 56.6 Å². The molecular formula is C32H31F2N9O. The minimum Gasteiger partial charge on any atom is -0.384 e. The van der Waals surface area contributed by atoms with Crippen LogP contribution in [0.3, 0.4) is 0 Å². The van der Waals surface area contributed by atoms with Crippen LogP contribution in [0.15, 0.2) is 61.1 Å². The van der Waals surface area contributed by atoms with Crippen molar-refractivity contribution in [3.63, 3.8) is 0 Å². The highest BCUT2D eigenvalue weighted by Crippen LogP contribution is 2.36. The summed E-state index contributed by atoms with van der Waals surface area (Å²) in [5.74, 6) is -0.968. The summed E-state index contributed by atoms with van der Waals surface area (Å²) >= 11 is 0. The van der Waals surface area contributed by atoms with Crippen LogP contribution in [0, 0.1) is 17.6 Å². The topological polar surface area (TPSA) is 128 Å². The summed E-state index contributed by atoms with van der Waals surface area (Å²) in [5.41, 5.74) is 4.83. The Bertz CT molecular complexity index is 2000. The van der Waals surface area contributed by atoms with Crippen LogP contribution in [-0.2, 0) is 4.79 Å². The highest BCUT2D eigenvalue weighted by Gasteiger charge is 2.21. The molecule has 224 valence electrons. The molecule has 0 bridgehead atoms. The molecule has 4 N–H and O–H groups in total. The van der Waals surface area contributed by atoms with Crippen molar-refractivity contribution in [2.45, 2.75) is 13.8 Å². The summed E-state index contributed by atoms with van der Waals surface area (Å²) in [6.07, 6.45) is 4.67. The summed E-state index contributed by atoms with van der Waals surface area (Å²) in [5, 5.41) is 13.6. The SMILES string of the molecule is CC(C)C(=O)Nc1cncc(-c2ccc3[nH]nc(-c4nc5c(-c6cc(F)cc(NCCN(C)C)c6)nccc5[nH]4)c3c2F)c1. The van der Waals surface area contributed by atoms with Crippen molar-refractivity contribution in [1.29, 1.82) is 0 Å². The van der Waals surface area contributed by atoms with Crippen LogP contribution < -0.4 is 10.6 Å². The maximum absolute atomic E-state index is 16.2. The number of fused-ring (bicyclic) bond motifs is 2. The molecule has 0 fully saturated rings. The van der Waals surface area contributed by atoms with E-state index in [0.29, 0.717) is 62.7 Å². The smallest absolute Gasteiger partial charge is 0.226 e. The van der Waals surface area contributed by atoms with E-state index in [1.165, 1.54) is 24.5 Å². The molecule has 6 rings (SSSR count). The van der Waals surface area contributed by atoms with Gasteiger partial charge in [0.1, 0.15) is 22.8 Å². The highest BCUT2D eigenvalue weighted by atomic mass is 19.1. The molecule has 44 heavy (non-hydrogen) atoms. The third-order valence-electron chi connectivity index (χ3n) is 7.19. The van der Waals surface area contributed by atoms with Gasteiger partial charge in [-0.25, -0.2) is 13.8 Å². The fourth-order valence-corrected chi connectivity index (χ4v) is 4.92. The number of imidazole rings is 1. The number of carbonyl (C=O) groups excluding carboxylic acids is 1. The number of hydrogen-bond donors (Lipinski definition) is 4. The van der Waals surface area contributed by atoms with Crippen molar-refractivity contribution in [1.82, 2.24) is 35.0 Å². The Hall–Kier alpha value is -5.23. The third-order valence-corrected chi connectivity index (χ3v) is 7.19. The minimum absolute atomic E-state index is 0.161. The number of anilines is 2. The van der Waals surface area contributed by atoms with Crippen LogP contribution >= 0.6 is 0 Å². The lowest BCUT2D eigenvalue weighted by Crippen LogP contribution is -2.20. The Morgan fingerprint density at radius 2 is 1.80 bits per heavy atom. The van der Waals surface area contributed by atoms with E-state index in [4.69, 9.17) is 4.98 Å². The molecule has 0 atom stereocenters. The summed E-state index contributed by atoms with van der Waals surface area (Å²) < 4.78 is 30.9. The van der Waals surface area contributed by atoms with E-state index in [1.807, 2.05) is 25.1 Å². The summed E-state index contributed by atoms with van der Waals surface area (Å²) in [4.78, 5) is 30.9. The monoisotopic (exact) mass is 595 g/mol. The number of nitrogens with one attached hydrogen (secondary N) is 4. The number of hydrogen-bond acceptors (Lipinski definition) is 7. The van der Waals surface area contributed by atoms with Gasteiger partial charge in [-0.3, -0.25) is 19.9 Å². The molecule has 4 heterocycles. The molecular weight excluding hydrogens is 564 g/mol. The van der Waals surface area contributed by atoms with Gasteiger partial charge >= 0.3 is 0 Å². The van der Waals surface area contributed by atoms with Crippen molar-refractivity contribution in [3.05, 3.63) is 72.7 Å². The fraction of sp³-hybridized carbons (Fsp3) is 0.219. The first kappa shape index (κ1) is 28.9. The van der Waals surface area contributed by atoms with Crippen LogP contribution in [0.2, 0.25) is 0 Å². The van der Waals surface area contributed by atoms with Gasteiger partial charge in [-0.2, -0.15) is 5.10 Å². The van der Waals surface area contributed by atoms with Crippen LogP contribution in [0.5, 0.6) is 0 Å². The quantitative estimate of drug-likeness (QED) is 0.160. The Kier molecular flexibility index (Phi) is 7.75. The zero-order valence-electron chi connectivity index (χ0n) is 24.7. The predicted octanol–water partition coefficient (Wildman–Crippen LogP) is 6.08. The molecule has 2 aromatic carbocycles. The van der Waals surface area contributed by atoms with Crippen molar-refractivity contribution < 1.29 is 13.6 Å². The van der Waals surface area contributed by atoms with Gasteiger partial charge < -0.3 is 20.5 Å². The van der Waals surface area contributed by atoms with Gasteiger partial charge in [0.2, 0.25) is 5.91 Å². The number of H-pyrrole nitrogens is 2. The third kappa shape index (κ3) is 5.71. The minimum atomic E-state index is -0.516. The van der Waals surface area contributed by atoms with Crippen LogP contribution in [0.1, 0.15) is 13.8 Å². The second-order valence-electron chi connectivity index (χ2n) is 11.1. The average Bonchev–Trinajstić information content (AvgIpc) is 3.62. The number of aromatic nitrogens is 6. The molecule has 1 amide bonds. The second-order valence-corrected chi connectivity index (χ2v) is 11.1. The van der Waals surface area contributed by atoms with Crippen molar-refractivity contribution in [2.24, 2.45) is 5.92 Å². The molecule has 0 radical (unpaired) electrons. The average molecular weight is 596 g/mol. The molecule has 0 saturated heterocycles. The highest BCUT2D eigenvalue weighted by molar-refractivity contribution is 5.98. The summed E-state index contributed by atoms with van der Waals surface area (Å²) in [6.45, 7) is 5.01. The van der Waals surface area contributed by atoms with E-state index >= 15 is 4.39 Å². The number of pyridine rings is 2. The van der Waals surface area contributed by atoms with E-state index in [2.05, 4.69) is 35.8 Å². The van der Waals surface area contributed by atoms with Gasteiger partial charge in [-0.1, -0.05) is 13.8 Å². The molecule has 0 aliphatic rings. The largest absolute Gasteiger partial charge is 0.384 e. The van der Waals surface area contributed by atoms with Crippen molar-refractivity contribution in [2.75, 3.05) is 37.8 Å². The van der Waals surface area contributed by atoms with Gasteiger partial charge in [0, 0.05) is 53.8 Å². The maximum atomic E-state index is 16.2. The summed E-state index contributed by atoms with van der Waals surface area (Å²) in [6, 6.07) is 11.5. The van der Waals surface area contributed by atoms with Crippen molar-refractivity contribution >= 4 is 39.2 Å².